The van der Waals surface area contributed by atoms with Crippen molar-refractivity contribution >= 4 is 14.2 Å². The van der Waals surface area contributed by atoms with E-state index in [0.29, 0.717) is 15.3 Å². The summed E-state index contributed by atoms with van der Waals surface area (Å²) in [6, 6.07) is 0. The summed E-state index contributed by atoms with van der Waals surface area (Å²) in [5, 5.41) is 0. The number of halogens is 1. The van der Waals surface area contributed by atoms with Gasteiger partial charge in [0.1, 0.15) is 0 Å². The van der Waals surface area contributed by atoms with Gasteiger partial charge in [0.05, 0.1) is 0 Å². The predicted molar refractivity (Wildman–Crippen MR) is 43.7 cm³/mol. The SMILES string of the molecule is C[C@@H]1[C@@H]2C[C@H]3[C@H](OC(=O)[C@@H]13)[C@H]2[Hg][Cl]. The number of hydrogen-bond donors (Lipinski definition) is 0. The van der Waals surface area contributed by atoms with Crippen LogP contribution in [0.15, 0.2) is 0 Å². The Hall–Kier alpha value is 0.695. The normalized spacial score (nSPS) is 56.6. The molecule has 2 aliphatic carbocycles. The van der Waals surface area contributed by atoms with E-state index in [1.165, 1.54) is 6.42 Å². The van der Waals surface area contributed by atoms with E-state index in [0.717, 1.165) is 5.92 Å². The summed E-state index contributed by atoms with van der Waals surface area (Å²) >= 11 is -1.24. The van der Waals surface area contributed by atoms with Gasteiger partial charge in [0, 0.05) is 0 Å². The van der Waals surface area contributed by atoms with Crippen LogP contribution >= 0.6 is 8.25 Å². The molecule has 4 heteroatoms. The molecule has 3 aliphatic rings. The van der Waals surface area contributed by atoms with E-state index in [9.17, 15) is 4.79 Å². The third-order valence-corrected chi connectivity index (χ3v) is 13.0. The molecule has 1 heterocycles. The third-order valence-electron chi connectivity index (χ3n) is 4.34. The molecule has 1 saturated heterocycles. The zero-order valence-corrected chi connectivity index (χ0v) is 13.8. The van der Waals surface area contributed by atoms with Crippen LogP contribution in [0.25, 0.3) is 0 Å². The summed E-state index contributed by atoms with van der Waals surface area (Å²) in [6.07, 6.45) is 1.48. The Morgan fingerprint density at radius 1 is 1.54 bits per heavy atom. The summed E-state index contributed by atoms with van der Waals surface area (Å²) < 4.78 is 6.10. The van der Waals surface area contributed by atoms with Crippen LogP contribution in [0.2, 0.25) is 3.43 Å². The van der Waals surface area contributed by atoms with Gasteiger partial charge in [-0.25, -0.2) is 0 Å². The molecule has 2 bridgehead atoms. The van der Waals surface area contributed by atoms with Crippen molar-refractivity contribution < 1.29 is 32.9 Å². The molecule has 0 spiro atoms. The summed E-state index contributed by atoms with van der Waals surface area (Å²) in [4.78, 5) is 11.5. The van der Waals surface area contributed by atoms with Crippen molar-refractivity contribution in [1.82, 2.24) is 0 Å². The zero-order valence-electron chi connectivity index (χ0n) is 7.57. The predicted octanol–water partition coefficient (Wildman–Crippen LogP) is 1.84. The van der Waals surface area contributed by atoms with Crippen LogP contribution in [0.1, 0.15) is 13.3 Å². The van der Waals surface area contributed by atoms with E-state index in [1.807, 2.05) is 0 Å². The number of carbonyl (C=O) groups excluding carboxylic acids is 1. The fourth-order valence-electron chi connectivity index (χ4n) is 3.78. The number of hydrogen-bond acceptors (Lipinski definition) is 2. The summed E-state index contributed by atoms with van der Waals surface area (Å²) in [7, 11) is 6.14. The van der Waals surface area contributed by atoms with E-state index in [4.69, 9.17) is 13.0 Å². The number of esters is 1. The second-order valence-corrected chi connectivity index (χ2v) is 12.2. The first kappa shape index (κ1) is 8.96. The summed E-state index contributed by atoms with van der Waals surface area (Å²) in [5.74, 6) is 2.16. The van der Waals surface area contributed by atoms with Crippen LogP contribution in [0.5, 0.6) is 0 Å². The molecule has 0 unspecified atom stereocenters. The molecular weight excluding hydrogens is 376 g/mol. The number of fused-ring (bicyclic) bond motifs is 1. The molecule has 68 valence electrons. The average molecular weight is 387 g/mol. The fraction of sp³-hybridized carbons (Fsp3) is 0.889. The van der Waals surface area contributed by atoms with Crippen molar-refractivity contribution in [3.05, 3.63) is 0 Å². The number of ether oxygens (including phenoxy) is 1. The van der Waals surface area contributed by atoms with Gasteiger partial charge in [0.2, 0.25) is 0 Å². The van der Waals surface area contributed by atoms with Gasteiger partial charge in [-0.15, -0.1) is 0 Å². The van der Waals surface area contributed by atoms with Crippen molar-refractivity contribution in [3.8, 4) is 0 Å². The molecule has 2 nitrogen and oxygen atoms in total. The van der Waals surface area contributed by atoms with E-state index < -0.39 is 23.3 Å². The minimum absolute atomic E-state index is 0.0750. The van der Waals surface area contributed by atoms with Gasteiger partial charge in [-0.05, 0) is 0 Å². The van der Waals surface area contributed by atoms with Gasteiger partial charge >= 0.3 is 93.6 Å². The van der Waals surface area contributed by atoms with Crippen LogP contribution in [-0.2, 0) is 32.9 Å². The quantitative estimate of drug-likeness (QED) is 0.507. The van der Waals surface area contributed by atoms with Gasteiger partial charge in [-0.1, -0.05) is 0 Å². The van der Waals surface area contributed by atoms with Crippen molar-refractivity contribution in [1.29, 1.82) is 0 Å². The molecule has 0 amide bonds. The first-order valence-corrected chi connectivity index (χ1v) is 14.9. The molecule has 2 saturated carbocycles. The second-order valence-electron chi connectivity index (χ2n) is 4.67. The molecule has 1 aliphatic heterocycles. The first-order chi connectivity index (χ1) is 6.24. The molecule has 3 fully saturated rings. The van der Waals surface area contributed by atoms with E-state index in [-0.39, 0.29) is 18.0 Å². The number of rotatable bonds is 1. The Morgan fingerprint density at radius 2 is 2.31 bits per heavy atom. The van der Waals surface area contributed by atoms with Gasteiger partial charge in [0.15, 0.2) is 0 Å². The second kappa shape index (κ2) is 2.85. The fourth-order valence-corrected chi connectivity index (χ4v) is 13.0. The monoisotopic (exact) mass is 388 g/mol. The van der Waals surface area contributed by atoms with E-state index in [1.54, 1.807) is 0 Å². The number of carbonyl (C=O) groups is 1. The van der Waals surface area contributed by atoms with Crippen LogP contribution in [0.3, 0.4) is 0 Å². The maximum absolute atomic E-state index is 11.5. The van der Waals surface area contributed by atoms with Crippen molar-refractivity contribution in [2.75, 3.05) is 0 Å². The molecule has 0 aromatic rings. The van der Waals surface area contributed by atoms with Crippen LogP contribution < -0.4 is 0 Å². The molecule has 0 aromatic carbocycles. The van der Waals surface area contributed by atoms with Gasteiger partial charge in [-0.2, -0.15) is 0 Å². The van der Waals surface area contributed by atoms with Gasteiger partial charge < -0.3 is 0 Å². The molecule has 6 atom stereocenters. The van der Waals surface area contributed by atoms with Crippen LogP contribution in [-0.4, -0.2) is 12.1 Å². The Balaban J connectivity index is 2.00. The third kappa shape index (κ3) is 0.970. The zero-order chi connectivity index (χ0) is 9.16. The minimum atomic E-state index is -1.24. The molecule has 0 radical (unpaired) electrons. The molecular formula is C9H11ClHgO2. The van der Waals surface area contributed by atoms with Gasteiger partial charge in [-0.3, -0.25) is 0 Å². The van der Waals surface area contributed by atoms with Crippen molar-refractivity contribution in [2.24, 2.45) is 23.7 Å². The van der Waals surface area contributed by atoms with Crippen LogP contribution in [0.4, 0.5) is 0 Å². The summed E-state index contributed by atoms with van der Waals surface area (Å²) in [6.45, 7) is 2.21. The standard InChI is InChI=1S/C9H11O2.ClH.Hg/c1-4-5-2-6-7(3-5)11-9(10)8(4)6;;/h3-8H,2H2,1H3;1H;/q;;+1/p-1/t4-,5-,6+,7-,8+;;/m1../s1. The maximum atomic E-state index is 11.5. The van der Waals surface area contributed by atoms with E-state index >= 15 is 0 Å². The summed E-state index contributed by atoms with van der Waals surface area (Å²) in [5.41, 5.74) is 0. The van der Waals surface area contributed by atoms with Crippen molar-refractivity contribution in [3.63, 3.8) is 0 Å². The van der Waals surface area contributed by atoms with Crippen LogP contribution in [0, 0.1) is 23.7 Å². The van der Waals surface area contributed by atoms with Gasteiger partial charge in [0.25, 0.3) is 0 Å². The Labute approximate surface area is 93.2 Å². The Kier molecular flexibility index (Phi) is 1.96. The average Bonchev–Trinajstić information content (AvgIpc) is 2.65. The molecule has 0 N–H and O–H groups in total. The Bertz CT molecular complexity index is 270. The first-order valence-electron chi connectivity index (χ1n) is 5.00. The molecule has 0 aromatic heterocycles. The topological polar surface area (TPSA) is 26.3 Å². The van der Waals surface area contributed by atoms with Crippen molar-refractivity contribution in [2.45, 2.75) is 22.9 Å². The Morgan fingerprint density at radius 3 is 3.00 bits per heavy atom. The van der Waals surface area contributed by atoms with E-state index in [2.05, 4.69) is 6.92 Å². The molecule has 3 rings (SSSR count). The molecule has 13 heavy (non-hydrogen) atoms.